The molecule has 1 aliphatic rings. The van der Waals surface area contributed by atoms with E-state index < -0.39 is 6.10 Å². The molecule has 3 nitrogen and oxygen atoms in total. The highest BCUT2D eigenvalue weighted by atomic mass is 32.2. The molecule has 1 unspecified atom stereocenters. The number of aryl methyl sites for hydroxylation is 1. The molecule has 1 aromatic carbocycles. The molecule has 0 fully saturated rings. The van der Waals surface area contributed by atoms with Gasteiger partial charge in [-0.2, -0.15) is 0 Å². The van der Waals surface area contributed by atoms with E-state index in [9.17, 15) is 9.50 Å². The highest BCUT2D eigenvalue weighted by Gasteiger charge is 2.19. The van der Waals surface area contributed by atoms with E-state index in [2.05, 4.69) is 5.32 Å². The minimum atomic E-state index is -0.638. The quantitative estimate of drug-likeness (QED) is 0.847. The average Bonchev–Trinajstić information content (AvgIpc) is 2.44. The summed E-state index contributed by atoms with van der Waals surface area (Å²) in [5, 5.41) is 13.0. The summed E-state index contributed by atoms with van der Waals surface area (Å²) in [7, 11) is 0. The number of nitrogens with one attached hydrogen (secondary N) is 1. The number of halogens is 1. The standard InChI is InChI=1S/C15H22FNO2S/c1-10(2)17-8-12(18)9-19-14-13(16)6-5-11-4-3-7-20-15(11)14/h5-6,10,12,17-18H,3-4,7-9H2,1-2H3. The van der Waals surface area contributed by atoms with Crippen LogP contribution in [0.3, 0.4) is 0 Å². The van der Waals surface area contributed by atoms with Crippen LogP contribution in [0, 0.1) is 5.82 Å². The Labute approximate surface area is 123 Å². The molecule has 0 saturated heterocycles. The largest absolute Gasteiger partial charge is 0.487 e. The van der Waals surface area contributed by atoms with Crippen molar-refractivity contribution in [2.45, 2.75) is 43.7 Å². The topological polar surface area (TPSA) is 41.5 Å². The zero-order chi connectivity index (χ0) is 14.5. The van der Waals surface area contributed by atoms with E-state index in [1.165, 1.54) is 6.07 Å². The first kappa shape index (κ1) is 15.6. The van der Waals surface area contributed by atoms with Crippen molar-refractivity contribution in [3.05, 3.63) is 23.5 Å². The molecule has 1 aromatic rings. The lowest BCUT2D eigenvalue weighted by atomic mass is 10.1. The predicted molar refractivity (Wildman–Crippen MR) is 80.1 cm³/mol. The molecule has 2 N–H and O–H groups in total. The van der Waals surface area contributed by atoms with Crippen molar-refractivity contribution in [3.63, 3.8) is 0 Å². The van der Waals surface area contributed by atoms with Gasteiger partial charge in [0.1, 0.15) is 12.7 Å². The minimum Gasteiger partial charge on any atom is -0.487 e. The average molecular weight is 299 g/mol. The summed E-state index contributed by atoms with van der Waals surface area (Å²) < 4.78 is 19.4. The molecular weight excluding hydrogens is 277 g/mol. The second-order valence-corrected chi connectivity index (χ2v) is 6.45. The Balaban J connectivity index is 1.98. The van der Waals surface area contributed by atoms with E-state index in [1.54, 1.807) is 11.8 Å². The van der Waals surface area contributed by atoms with Crippen LogP contribution >= 0.6 is 11.8 Å². The molecule has 0 aliphatic carbocycles. The van der Waals surface area contributed by atoms with Gasteiger partial charge in [0.2, 0.25) is 0 Å². The number of benzene rings is 1. The number of rotatable bonds is 6. The summed E-state index contributed by atoms with van der Waals surface area (Å²) in [4.78, 5) is 0.903. The van der Waals surface area contributed by atoms with Crippen molar-refractivity contribution in [3.8, 4) is 5.75 Å². The molecular formula is C15H22FNO2S. The fourth-order valence-corrected chi connectivity index (χ4v) is 3.25. The first-order valence-corrected chi connectivity index (χ1v) is 8.05. The summed E-state index contributed by atoms with van der Waals surface area (Å²) in [6.45, 7) is 4.57. The van der Waals surface area contributed by atoms with E-state index in [4.69, 9.17) is 4.74 Å². The highest BCUT2D eigenvalue weighted by molar-refractivity contribution is 7.99. The molecule has 1 aliphatic heterocycles. The number of hydrogen-bond donors (Lipinski definition) is 2. The Morgan fingerprint density at radius 3 is 3.00 bits per heavy atom. The highest BCUT2D eigenvalue weighted by Crippen LogP contribution is 2.39. The minimum absolute atomic E-state index is 0.105. The zero-order valence-electron chi connectivity index (χ0n) is 12.0. The lowest BCUT2D eigenvalue weighted by Crippen LogP contribution is -2.35. The molecule has 0 spiro atoms. The molecule has 2 rings (SSSR count). The molecule has 112 valence electrons. The van der Waals surface area contributed by atoms with Crippen molar-refractivity contribution in [1.82, 2.24) is 5.32 Å². The number of hydrogen-bond acceptors (Lipinski definition) is 4. The molecule has 0 saturated carbocycles. The molecule has 0 radical (unpaired) electrons. The third-order valence-electron chi connectivity index (χ3n) is 3.16. The Morgan fingerprint density at radius 1 is 1.45 bits per heavy atom. The third-order valence-corrected chi connectivity index (χ3v) is 4.39. The second-order valence-electron chi connectivity index (χ2n) is 5.34. The van der Waals surface area contributed by atoms with Gasteiger partial charge in [-0.1, -0.05) is 19.9 Å². The van der Waals surface area contributed by atoms with Crippen molar-refractivity contribution in [1.29, 1.82) is 0 Å². The van der Waals surface area contributed by atoms with Gasteiger partial charge in [-0.15, -0.1) is 11.8 Å². The predicted octanol–water partition coefficient (Wildman–Crippen LogP) is 2.60. The molecule has 0 amide bonds. The van der Waals surface area contributed by atoms with Gasteiger partial charge in [0.15, 0.2) is 11.6 Å². The van der Waals surface area contributed by atoms with Crippen molar-refractivity contribution in [2.24, 2.45) is 0 Å². The molecule has 0 aromatic heterocycles. The maximum Gasteiger partial charge on any atom is 0.168 e. The summed E-state index contributed by atoms with van der Waals surface area (Å²) in [5.74, 6) is 0.947. The fraction of sp³-hybridized carbons (Fsp3) is 0.600. The van der Waals surface area contributed by atoms with Crippen LogP contribution < -0.4 is 10.1 Å². The van der Waals surface area contributed by atoms with E-state index in [0.717, 1.165) is 29.1 Å². The number of aliphatic hydroxyl groups excluding tert-OH is 1. The van der Waals surface area contributed by atoms with E-state index in [-0.39, 0.29) is 12.4 Å². The Hall–Kier alpha value is -0.780. The lowest BCUT2D eigenvalue weighted by Gasteiger charge is -2.21. The summed E-state index contributed by atoms with van der Waals surface area (Å²) in [6.07, 6.45) is 1.45. The van der Waals surface area contributed by atoms with Gasteiger partial charge in [-0.05, 0) is 30.2 Å². The van der Waals surface area contributed by atoms with Gasteiger partial charge < -0.3 is 15.2 Å². The number of ether oxygens (including phenoxy) is 1. The van der Waals surface area contributed by atoms with Crippen LogP contribution in [0.25, 0.3) is 0 Å². The number of thioether (sulfide) groups is 1. The Morgan fingerprint density at radius 2 is 2.25 bits per heavy atom. The van der Waals surface area contributed by atoms with Crippen LogP contribution in [0.5, 0.6) is 5.75 Å². The van der Waals surface area contributed by atoms with E-state index in [1.807, 2.05) is 19.9 Å². The smallest absolute Gasteiger partial charge is 0.168 e. The van der Waals surface area contributed by atoms with E-state index in [0.29, 0.717) is 18.3 Å². The molecule has 5 heteroatoms. The van der Waals surface area contributed by atoms with E-state index >= 15 is 0 Å². The third kappa shape index (κ3) is 4.11. The van der Waals surface area contributed by atoms with Gasteiger partial charge in [0, 0.05) is 12.6 Å². The van der Waals surface area contributed by atoms with Gasteiger partial charge in [-0.3, -0.25) is 0 Å². The van der Waals surface area contributed by atoms with Crippen LogP contribution in [-0.2, 0) is 6.42 Å². The van der Waals surface area contributed by atoms with Crippen molar-refractivity contribution < 1.29 is 14.2 Å². The summed E-state index contributed by atoms with van der Waals surface area (Å²) in [5.41, 5.74) is 1.15. The SMILES string of the molecule is CC(C)NCC(O)COc1c(F)ccc2c1SCCC2. The monoisotopic (exact) mass is 299 g/mol. The van der Waals surface area contributed by atoms with Crippen molar-refractivity contribution in [2.75, 3.05) is 18.9 Å². The Bertz CT molecular complexity index is 454. The molecule has 0 bridgehead atoms. The van der Waals surface area contributed by atoms with Gasteiger partial charge in [0.05, 0.1) is 4.90 Å². The van der Waals surface area contributed by atoms with Crippen LogP contribution in [-0.4, -0.2) is 36.2 Å². The van der Waals surface area contributed by atoms with Crippen LogP contribution in [0.2, 0.25) is 0 Å². The van der Waals surface area contributed by atoms with Gasteiger partial charge >= 0.3 is 0 Å². The number of fused-ring (bicyclic) bond motifs is 1. The van der Waals surface area contributed by atoms with Crippen LogP contribution in [0.1, 0.15) is 25.8 Å². The summed E-state index contributed by atoms with van der Waals surface area (Å²) >= 11 is 1.64. The fourth-order valence-electron chi connectivity index (χ4n) is 2.12. The van der Waals surface area contributed by atoms with Crippen LogP contribution in [0.15, 0.2) is 17.0 Å². The lowest BCUT2D eigenvalue weighted by molar-refractivity contribution is 0.101. The molecule has 1 heterocycles. The number of aliphatic hydroxyl groups is 1. The molecule has 1 atom stereocenters. The molecule has 20 heavy (non-hydrogen) atoms. The zero-order valence-corrected chi connectivity index (χ0v) is 12.8. The van der Waals surface area contributed by atoms with Crippen LogP contribution in [0.4, 0.5) is 4.39 Å². The first-order chi connectivity index (χ1) is 9.58. The maximum absolute atomic E-state index is 13.9. The normalized spacial score (nSPS) is 16.1. The maximum atomic E-state index is 13.9. The van der Waals surface area contributed by atoms with Gasteiger partial charge in [-0.25, -0.2) is 4.39 Å². The first-order valence-electron chi connectivity index (χ1n) is 7.06. The summed E-state index contributed by atoms with van der Waals surface area (Å²) in [6, 6.07) is 3.60. The second kappa shape index (κ2) is 7.29. The van der Waals surface area contributed by atoms with Crippen molar-refractivity contribution >= 4 is 11.8 Å². The van der Waals surface area contributed by atoms with Gasteiger partial charge in [0.25, 0.3) is 0 Å². The Kier molecular flexibility index (Phi) is 5.69.